The van der Waals surface area contributed by atoms with E-state index in [9.17, 15) is 4.79 Å². The number of aromatic nitrogens is 2. The number of hydrazone groups is 1. The lowest BCUT2D eigenvalue weighted by Crippen LogP contribution is -2.19. The van der Waals surface area contributed by atoms with E-state index < -0.39 is 0 Å². The fourth-order valence-corrected chi connectivity index (χ4v) is 5.64. The number of benzene rings is 3. The maximum absolute atomic E-state index is 12.1. The van der Waals surface area contributed by atoms with Crippen molar-refractivity contribution in [1.29, 1.82) is 0 Å². The minimum absolute atomic E-state index is 0.179. The Morgan fingerprint density at radius 3 is 2.30 bits per heavy atom. The third-order valence-electron chi connectivity index (χ3n) is 4.62. The van der Waals surface area contributed by atoms with Crippen molar-refractivity contribution >= 4 is 47.0 Å². The Kier molecular flexibility index (Phi) is 8.30. The van der Waals surface area contributed by atoms with Gasteiger partial charge in [0.05, 0.1) is 12.0 Å². The molecule has 3 aromatic carbocycles. The highest BCUT2D eigenvalue weighted by atomic mass is 32.2. The molecule has 0 saturated heterocycles. The molecule has 0 fully saturated rings. The average molecular weight is 491 g/mol. The zero-order chi connectivity index (χ0) is 22.9. The Bertz CT molecular complexity index is 1210. The third kappa shape index (κ3) is 7.28. The average Bonchev–Trinajstić information content (AvgIpc) is 3.31. The second-order valence-electron chi connectivity index (χ2n) is 7.18. The van der Waals surface area contributed by atoms with Gasteiger partial charge in [-0.05, 0) is 29.2 Å². The van der Waals surface area contributed by atoms with Crippen LogP contribution in [0.4, 0.5) is 0 Å². The normalized spacial score (nSPS) is 11.1. The quantitative estimate of drug-likeness (QED) is 0.176. The minimum atomic E-state index is -0.179. The highest BCUT2D eigenvalue weighted by Crippen LogP contribution is 2.30. The zero-order valence-corrected chi connectivity index (χ0v) is 20.4. The Hall–Kier alpha value is -2.94. The Morgan fingerprint density at radius 2 is 1.58 bits per heavy atom. The first-order valence-electron chi connectivity index (χ1n) is 10.3. The smallest absolute Gasteiger partial charge is 0.250 e. The molecule has 0 aliphatic rings. The van der Waals surface area contributed by atoms with Crippen LogP contribution in [-0.4, -0.2) is 28.1 Å². The van der Waals surface area contributed by atoms with Gasteiger partial charge in [-0.1, -0.05) is 119 Å². The lowest BCUT2D eigenvalue weighted by atomic mass is 10.0. The lowest BCUT2D eigenvalue weighted by Gasteiger charge is -2.02. The molecular weight excluding hydrogens is 469 g/mol. The molecule has 0 atom stereocenters. The highest BCUT2D eigenvalue weighted by molar-refractivity contribution is 8.03. The first kappa shape index (κ1) is 23.2. The molecule has 1 aromatic heterocycles. The lowest BCUT2D eigenvalue weighted by molar-refractivity contribution is -0.118. The Morgan fingerprint density at radius 1 is 0.909 bits per heavy atom. The molecule has 0 aliphatic heterocycles. The van der Waals surface area contributed by atoms with Crippen molar-refractivity contribution in [2.75, 3.05) is 5.75 Å². The molecule has 4 aromatic rings. The number of carbonyl (C=O) groups is 1. The van der Waals surface area contributed by atoms with E-state index in [4.69, 9.17) is 0 Å². The number of thioether (sulfide) groups is 2. The molecule has 166 valence electrons. The minimum Gasteiger partial charge on any atom is -0.272 e. The summed E-state index contributed by atoms with van der Waals surface area (Å²) in [6.45, 7) is 2.08. The molecule has 33 heavy (non-hydrogen) atoms. The Balaban J connectivity index is 1.19. The van der Waals surface area contributed by atoms with Gasteiger partial charge in [-0.25, -0.2) is 5.43 Å². The van der Waals surface area contributed by atoms with E-state index in [1.807, 2.05) is 42.5 Å². The molecule has 1 amide bonds. The maximum atomic E-state index is 12.1. The summed E-state index contributed by atoms with van der Waals surface area (Å²) in [6.07, 6.45) is 1.64. The molecule has 1 N–H and O–H groups in total. The fraction of sp³-hybridized carbons (Fsp3) is 0.120. The van der Waals surface area contributed by atoms with Gasteiger partial charge in [0, 0.05) is 5.75 Å². The summed E-state index contributed by atoms with van der Waals surface area (Å²) in [5.41, 5.74) is 8.30. The molecule has 0 saturated carbocycles. The maximum Gasteiger partial charge on any atom is 0.250 e. The van der Waals surface area contributed by atoms with Crippen molar-refractivity contribution in [1.82, 2.24) is 15.6 Å². The number of nitrogens with one attached hydrogen (secondary N) is 1. The van der Waals surface area contributed by atoms with Crippen LogP contribution in [0, 0.1) is 6.92 Å². The predicted octanol–water partition coefficient (Wildman–Crippen LogP) is 6.05. The molecule has 8 heteroatoms. The van der Waals surface area contributed by atoms with E-state index in [1.54, 1.807) is 18.0 Å². The first-order valence-corrected chi connectivity index (χ1v) is 13.1. The van der Waals surface area contributed by atoms with Crippen molar-refractivity contribution in [3.63, 3.8) is 0 Å². The van der Waals surface area contributed by atoms with Gasteiger partial charge in [-0.3, -0.25) is 4.79 Å². The second-order valence-corrected chi connectivity index (χ2v) is 10.6. The van der Waals surface area contributed by atoms with E-state index in [0.29, 0.717) is 0 Å². The van der Waals surface area contributed by atoms with Crippen molar-refractivity contribution < 1.29 is 4.79 Å². The molecule has 0 aliphatic carbocycles. The first-order chi connectivity index (χ1) is 16.2. The van der Waals surface area contributed by atoms with Gasteiger partial charge in [0.15, 0.2) is 8.68 Å². The number of hydrogen-bond acceptors (Lipinski definition) is 7. The summed E-state index contributed by atoms with van der Waals surface area (Å²) in [7, 11) is 0. The molecule has 0 bridgehead atoms. The van der Waals surface area contributed by atoms with E-state index in [-0.39, 0.29) is 11.7 Å². The number of rotatable bonds is 9. The van der Waals surface area contributed by atoms with Gasteiger partial charge in [-0.2, -0.15) is 5.10 Å². The molecular formula is C25H22N4OS3. The molecule has 1 heterocycles. The zero-order valence-electron chi connectivity index (χ0n) is 18.0. The van der Waals surface area contributed by atoms with Crippen LogP contribution < -0.4 is 5.43 Å². The van der Waals surface area contributed by atoms with Crippen molar-refractivity contribution in [2.24, 2.45) is 5.10 Å². The van der Waals surface area contributed by atoms with E-state index >= 15 is 0 Å². The Labute approximate surface area is 205 Å². The van der Waals surface area contributed by atoms with Crippen molar-refractivity contribution in [3.8, 4) is 11.1 Å². The number of hydrogen-bond donors (Lipinski definition) is 1. The van der Waals surface area contributed by atoms with Crippen LogP contribution in [0.25, 0.3) is 11.1 Å². The van der Waals surface area contributed by atoms with Crippen LogP contribution in [0.2, 0.25) is 0 Å². The van der Waals surface area contributed by atoms with Gasteiger partial charge < -0.3 is 0 Å². The summed E-state index contributed by atoms with van der Waals surface area (Å²) in [5, 5.41) is 12.4. The summed E-state index contributed by atoms with van der Waals surface area (Å²) in [4.78, 5) is 12.1. The summed E-state index contributed by atoms with van der Waals surface area (Å²) >= 11 is 4.52. The molecule has 0 unspecified atom stereocenters. The van der Waals surface area contributed by atoms with Gasteiger partial charge in [0.25, 0.3) is 5.91 Å². The number of aryl methyl sites for hydroxylation is 1. The van der Waals surface area contributed by atoms with E-state index in [1.165, 1.54) is 39.8 Å². The van der Waals surface area contributed by atoms with Crippen LogP contribution in [0.15, 0.2) is 92.6 Å². The fourth-order valence-electron chi connectivity index (χ4n) is 2.87. The summed E-state index contributed by atoms with van der Waals surface area (Å²) < 4.78 is 1.67. The summed E-state index contributed by atoms with van der Waals surface area (Å²) in [5.74, 6) is 0.907. The standard InChI is InChI=1S/C25H22N4OS3/c1-18-7-9-20(10-8-18)16-31-24-28-29-25(33-24)32-17-23(30)27-26-15-19-11-13-22(14-12-19)21-5-3-2-4-6-21/h2-15H,16-17H2,1H3,(H,27,30)/b26-15-. The van der Waals surface area contributed by atoms with Crippen LogP contribution in [0.1, 0.15) is 16.7 Å². The molecule has 4 rings (SSSR count). The summed E-state index contributed by atoms with van der Waals surface area (Å²) in [6, 6.07) is 26.7. The number of amides is 1. The third-order valence-corrected chi connectivity index (χ3v) is 7.88. The van der Waals surface area contributed by atoms with Gasteiger partial charge in [0.2, 0.25) is 0 Å². The molecule has 0 spiro atoms. The largest absolute Gasteiger partial charge is 0.272 e. The van der Waals surface area contributed by atoms with Crippen molar-refractivity contribution in [2.45, 2.75) is 21.4 Å². The molecule has 0 radical (unpaired) electrons. The van der Waals surface area contributed by atoms with Crippen LogP contribution >= 0.6 is 34.9 Å². The van der Waals surface area contributed by atoms with E-state index in [0.717, 1.165) is 25.6 Å². The van der Waals surface area contributed by atoms with Crippen molar-refractivity contribution in [3.05, 3.63) is 95.6 Å². The van der Waals surface area contributed by atoms with Crippen LogP contribution in [0.5, 0.6) is 0 Å². The highest BCUT2D eigenvalue weighted by Gasteiger charge is 2.08. The van der Waals surface area contributed by atoms with E-state index in [2.05, 4.69) is 64.0 Å². The van der Waals surface area contributed by atoms with Crippen LogP contribution in [-0.2, 0) is 10.5 Å². The van der Waals surface area contributed by atoms with Gasteiger partial charge in [0.1, 0.15) is 0 Å². The second kappa shape index (κ2) is 11.8. The molecule has 5 nitrogen and oxygen atoms in total. The number of nitrogens with zero attached hydrogens (tertiary/aromatic N) is 3. The van der Waals surface area contributed by atoms with Gasteiger partial charge in [-0.15, -0.1) is 10.2 Å². The topological polar surface area (TPSA) is 67.2 Å². The predicted molar refractivity (Wildman–Crippen MR) is 139 cm³/mol. The number of carbonyl (C=O) groups excluding carboxylic acids is 1. The SMILES string of the molecule is Cc1ccc(CSc2nnc(SCC(=O)N/N=C\c3ccc(-c4ccccc4)cc3)s2)cc1. The monoisotopic (exact) mass is 490 g/mol. The van der Waals surface area contributed by atoms with Gasteiger partial charge >= 0.3 is 0 Å². The van der Waals surface area contributed by atoms with Crippen LogP contribution in [0.3, 0.4) is 0 Å².